The van der Waals surface area contributed by atoms with Crippen molar-refractivity contribution in [1.29, 1.82) is 0 Å². The topological polar surface area (TPSA) is 26.3 Å². The van der Waals surface area contributed by atoms with E-state index in [0.717, 1.165) is 6.42 Å². The Hall–Kier alpha value is -1.31. The minimum Gasteiger partial charge on any atom is -0.465 e. The molecule has 2 heteroatoms. The molecule has 74 valence electrons. The van der Waals surface area contributed by atoms with Gasteiger partial charge in [-0.1, -0.05) is 37.3 Å². The van der Waals surface area contributed by atoms with Crippen molar-refractivity contribution in [2.75, 3.05) is 6.61 Å². The Kier molecular flexibility index (Phi) is 2.53. The molecule has 0 radical (unpaired) electrons. The van der Waals surface area contributed by atoms with Gasteiger partial charge in [0.2, 0.25) is 0 Å². The van der Waals surface area contributed by atoms with Crippen LogP contribution in [0.5, 0.6) is 0 Å². The van der Waals surface area contributed by atoms with Crippen LogP contribution in [-0.4, -0.2) is 12.6 Å². The SMILES string of the molecule is CC1CC(c2ccccc2)COC1=O. The lowest BCUT2D eigenvalue weighted by Gasteiger charge is -2.26. The highest BCUT2D eigenvalue weighted by molar-refractivity contribution is 5.72. The molecule has 1 aliphatic rings. The maximum Gasteiger partial charge on any atom is 0.308 e. The van der Waals surface area contributed by atoms with Gasteiger partial charge >= 0.3 is 5.97 Å². The van der Waals surface area contributed by atoms with Gasteiger partial charge in [-0.2, -0.15) is 0 Å². The van der Waals surface area contributed by atoms with E-state index in [0.29, 0.717) is 12.5 Å². The molecule has 1 fully saturated rings. The van der Waals surface area contributed by atoms with E-state index in [1.54, 1.807) is 0 Å². The number of carbonyl (C=O) groups excluding carboxylic acids is 1. The van der Waals surface area contributed by atoms with Gasteiger partial charge in [-0.15, -0.1) is 0 Å². The zero-order valence-electron chi connectivity index (χ0n) is 8.27. The number of rotatable bonds is 1. The van der Waals surface area contributed by atoms with Crippen molar-refractivity contribution in [2.45, 2.75) is 19.3 Å². The maximum absolute atomic E-state index is 11.1. The van der Waals surface area contributed by atoms with Crippen molar-refractivity contribution in [3.8, 4) is 0 Å². The van der Waals surface area contributed by atoms with Crippen LogP contribution in [0, 0.1) is 5.92 Å². The largest absolute Gasteiger partial charge is 0.465 e. The first-order valence-corrected chi connectivity index (χ1v) is 4.99. The molecule has 0 aromatic heterocycles. The number of carbonyl (C=O) groups is 1. The van der Waals surface area contributed by atoms with Crippen LogP contribution in [0.3, 0.4) is 0 Å². The Morgan fingerprint density at radius 1 is 1.29 bits per heavy atom. The molecular weight excluding hydrogens is 176 g/mol. The van der Waals surface area contributed by atoms with Crippen molar-refractivity contribution in [3.05, 3.63) is 35.9 Å². The first-order chi connectivity index (χ1) is 6.77. The molecule has 2 atom stereocenters. The summed E-state index contributed by atoms with van der Waals surface area (Å²) in [6, 6.07) is 10.2. The number of hydrogen-bond donors (Lipinski definition) is 0. The summed E-state index contributed by atoms with van der Waals surface area (Å²) in [5, 5.41) is 0. The molecular formula is C12H14O2. The van der Waals surface area contributed by atoms with E-state index in [1.165, 1.54) is 5.56 Å². The Labute approximate surface area is 83.9 Å². The van der Waals surface area contributed by atoms with Crippen molar-refractivity contribution in [2.24, 2.45) is 5.92 Å². The smallest absolute Gasteiger partial charge is 0.308 e. The molecule has 0 amide bonds. The van der Waals surface area contributed by atoms with Crippen molar-refractivity contribution in [3.63, 3.8) is 0 Å². The van der Waals surface area contributed by atoms with E-state index in [1.807, 2.05) is 25.1 Å². The van der Waals surface area contributed by atoms with Crippen molar-refractivity contribution in [1.82, 2.24) is 0 Å². The highest BCUT2D eigenvalue weighted by Gasteiger charge is 2.27. The average Bonchev–Trinajstić information content (AvgIpc) is 2.23. The average molecular weight is 190 g/mol. The summed E-state index contributed by atoms with van der Waals surface area (Å²) >= 11 is 0. The number of esters is 1. The number of cyclic esters (lactones) is 1. The maximum atomic E-state index is 11.1. The third kappa shape index (κ3) is 1.79. The van der Waals surface area contributed by atoms with E-state index in [4.69, 9.17) is 4.74 Å². The highest BCUT2D eigenvalue weighted by Crippen LogP contribution is 2.28. The normalized spacial score (nSPS) is 27.1. The molecule has 0 N–H and O–H groups in total. The molecule has 0 aliphatic carbocycles. The first kappa shape index (κ1) is 9.25. The van der Waals surface area contributed by atoms with Crippen molar-refractivity contribution < 1.29 is 9.53 Å². The fourth-order valence-corrected chi connectivity index (χ4v) is 1.87. The summed E-state index contributed by atoms with van der Waals surface area (Å²) in [7, 11) is 0. The molecule has 2 unspecified atom stereocenters. The summed E-state index contributed by atoms with van der Waals surface area (Å²) in [5.74, 6) is 0.357. The van der Waals surface area contributed by atoms with E-state index >= 15 is 0 Å². The lowest BCUT2D eigenvalue weighted by molar-refractivity contribution is -0.153. The fourth-order valence-electron chi connectivity index (χ4n) is 1.87. The molecule has 1 saturated heterocycles. The van der Waals surface area contributed by atoms with Crippen LogP contribution in [-0.2, 0) is 9.53 Å². The highest BCUT2D eigenvalue weighted by atomic mass is 16.5. The predicted octanol–water partition coefficient (Wildman–Crippen LogP) is 2.35. The monoisotopic (exact) mass is 190 g/mol. The molecule has 0 bridgehead atoms. The van der Waals surface area contributed by atoms with Gasteiger partial charge in [0.05, 0.1) is 12.5 Å². The number of ether oxygens (including phenoxy) is 1. The van der Waals surface area contributed by atoms with Gasteiger partial charge in [-0.3, -0.25) is 4.79 Å². The van der Waals surface area contributed by atoms with Crippen LogP contribution in [0.25, 0.3) is 0 Å². The Morgan fingerprint density at radius 2 is 2.00 bits per heavy atom. The van der Waals surface area contributed by atoms with Crippen LogP contribution in [0.15, 0.2) is 30.3 Å². The predicted molar refractivity (Wildman–Crippen MR) is 53.9 cm³/mol. The lowest BCUT2D eigenvalue weighted by Crippen LogP contribution is -2.27. The lowest BCUT2D eigenvalue weighted by atomic mass is 9.88. The minimum absolute atomic E-state index is 0.0361. The van der Waals surface area contributed by atoms with Crippen LogP contribution in [0.4, 0.5) is 0 Å². The molecule has 2 rings (SSSR count). The van der Waals surface area contributed by atoms with Gasteiger partial charge in [0.15, 0.2) is 0 Å². The minimum atomic E-state index is -0.0582. The second-order valence-corrected chi connectivity index (χ2v) is 3.87. The van der Waals surface area contributed by atoms with Crippen LogP contribution >= 0.6 is 0 Å². The molecule has 0 saturated carbocycles. The van der Waals surface area contributed by atoms with Gasteiger partial charge in [0.1, 0.15) is 0 Å². The standard InChI is InChI=1S/C12H14O2/c1-9-7-11(8-14-12(9)13)10-5-3-2-4-6-10/h2-6,9,11H,7-8H2,1H3. The van der Waals surface area contributed by atoms with E-state index in [-0.39, 0.29) is 11.9 Å². The van der Waals surface area contributed by atoms with E-state index < -0.39 is 0 Å². The number of hydrogen-bond acceptors (Lipinski definition) is 2. The molecule has 1 heterocycles. The van der Waals surface area contributed by atoms with E-state index in [2.05, 4.69) is 12.1 Å². The molecule has 14 heavy (non-hydrogen) atoms. The Balaban J connectivity index is 2.11. The Morgan fingerprint density at radius 3 is 2.64 bits per heavy atom. The summed E-state index contributed by atoms with van der Waals surface area (Å²) in [4.78, 5) is 11.1. The van der Waals surface area contributed by atoms with Crippen molar-refractivity contribution >= 4 is 5.97 Å². The quantitative estimate of drug-likeness (QED) is 0.635. The van der Waals surface area contributed by atoms with Gasteiger partial charge in [0.25, 0.3) is 0 Å². The molecule has 1 aliphatic heterocycles. The molecule has 2 nitrogen and oxygen atoms in total. The molecule has 1 aromatic carbocycles. The summed E-state index contributed by atoms with van der Waals surface area (Å²) in [6.07, 6.45) is 0.906. The van der Waals surface area contributed by atoms with Gasteiger partial charge in [0, 0.05) is 5.92 Å². The molecule has 0 spiro atoms. The summed E-state index contributed by atoms with van der Waals surface area (Å²) in [6.45, 7) is 2.46. The summed E-state index contributed by atoms with van der Waals surface area (Å²) < 4.78 is 5.12. The van der Waals surface area contributed by atoms with Crippen LogP contribution < -0.4 is 0 Å². The zero-order valence-corrected chi connectivity index (χ0v) is 8.27. The van der Waals surface area contributed by atoms with E-state index in [9.17, 15) is 4.79 Å². The zero-order chi connectivity index (χ0) is 9.97. The van der Waals surface area contributed by atoms with Gasteiger partial charge < -0.3 is 4.74 Å². The molecule has 1 aromatic rings. The van der Waals surface area contributed by atoms with Gasteiger partial charge in [-0.25, -0.2) is 0 Å². The third-order valence-electron chi connectivity index (χ3n) is 2.74. The second kappa shape index (κ2) is 3.82. The fraction of sp³-hybridized carbons (Fsp3) is 0.417. The number of benzene rings is 1. The third-order valence-corrected chi connectivity index (χ3v) is 2.74. The van der Waals surface area contributed by atoms with Gasteiger partial charge in [-0.05, 0) is 12.0 Å². The Bertz CT molecular complexity index is 318. The first-order valence-electron chi connectivity index (χ1n) is 4.99. The van der Waals surface area contributed by atoms with Crippen LogP contribution in [0.1, 0.15) is 24.8 Å². The second-order valence-electron chi connectivity index (χ2n) is 3.87. The summed E-state index contributed by atoms with van der Waals surface area (Å²) in [5.41, 5.74) is 1.27. The van der Waals surface area contributed by atoms with Crippen LogP contribution in [0.2, 0.25) is 0 Å².